The van der Waals surface area contributed by atoms with Gasteiger partial charge in [-0.1, -0.05) is 18.2 Å². The quantitative estimate of drug-likeness (QED) is 0.805. The van der Waals surface area contributed by atoms with E-state index in [1.165, 1.54) is 6.07 Å². The molecule has 0 radical (unpaired) electrons. The van der Waals surface area contributed by atoms with Gasteiger partial charge in [-0.15, -0.1) is 0 Å². The van der Waals surface area contributed by atoms with E-state index in [4.69, 9.17) is 10.2 Å². The second kappa shape index (κ2) is 6.19. The number of amides is 1. The van der Waals surface area contributed by atoms with Gasteiger partial charge in [-0.3, -0.25) is 4.79 Å². The van der Waals surface area contributed by atoms with Gasteiger partial charge in [0.2, 0.25) is 0 Å². The summed E-state index contributed by atoms with van der Waals surface area (Å²) in [6.07, 6.45) is 0. The molecule has 0 aromatic heterocycles. The Hall–Kier alpha value is -2.66. The lowest BCUT2D eigenvalue weighted by atomic mass is 10.1. The standard InChI is InChI=1S/C16H15NO4/c1-10-2-7-13(8-14(10)16(20)21)17-15(19)12-5-3-11(9-18)4-6-12/h2-8,18H,9H2,1H3,(H,17,19)(H,20,21). The minimum Gasteiger partial charge on any atom is -0.478 e. The zero-order valence-electron chi connectivity index (χ0n) is 11.5. The molecule has 0 atom stereocenters. The summed E-state index contributed by atoms with van der Waals surface area (Å²) in [4.78, 5) is 23.1. The predicted molar refractivity (Wildman–Crippen MR) is 78.5 cm³/mol. The fraction of sp³-hybridized carbons (Fsp3) is 0.125. The summed E-state index contributed by atoms with van der Waals surface area (Å²) in [7, 11) is 0. The second-order valence-electron chi connectivity index (χ2n) is 4.64. The first-order chi connectivity index (χ1) is 10.0. The van der Waals surface area contributed by atoms with E-state index in [1.807, 2.05) is 0 Å². The summed E-state index contributed by atoms with van der Waals surface area (Å²) in [5.41, 5.74) is 2.37. The molecule has 21 heavy (non-hydrogen) atoms. The molecule has 0 fully saturated rings. The number of aliphatic hydroxyl groups is 1. The van der Waals surface area contributed by atoms with E-state index in [0.717, 1.165) is 5.56 Å². The summed E-state index contributed by atoms with van der Waals surface area (Å²) < 4.78 is 0. The number of aryl methyl sites for hydroxylation is 1. The molecule has 0 saturated heterocycles. The number of aliphatic hydroxyl groups excluding tert-OH is 1. The summed E-state index contributed by atoms with van der Waals surface area (Å²) in [6, 6.07) is 11.3. The SMILES string of the molecule is Cc1ccc(NC(=O)c2ccc(CO)cc2)cc1C(=O)O. The lowest BCUT2D eigenvalue weighted by Gasteiger charge is -2.08. The molecule has 2 aromatic rings. The number of carboxylic acid groups (broad SMARTS) is 1. The molecule has 0 aliphatic carbocycles. The maximum Gasteiger partial charge on any atom is 0.336 e. The van der Waals surface area contributed by atoms with Crippen molar-refractivity contribution >= 4 is 17.6 Å². The van der Waals surface area contributed by atoms with Crippen LogP contribution in [0.3, 0.4) is 0 Å². The maximum atomic E-state index is 12.1. The van der Waals surface area contributed by atoms with E-state index in [1.54, 1.807) is 43.3 Å². The van der Waals surface area contributed by atoms with E-state index >= 15 is 0 Å². The molecule has 0 aliphatic rings. The Balaban J connectivity index is 2.19. The molecule has 0 unspecified atom stereocenters. The third-order valence-electron chi connectivity index (χ3n) is 3.12. The molecule has 0 saturated carbocycles. The molecule has 0 bridgehead atoms. The number of carbonyl (C=O) groups excluding carboxylic acids is 1. The van der Waals surface area contributed by atoms with Crippen LogP contribution in [0.1, 0.15) is 31.8 Å². The highest BCUT2D eigenvalue weighted by atomic mass is 16.4. The average molecular weight is 285 g/mol. The summed E-state index contributed by atoms with van der Waals surface area (Å²) in [5, 5.41) is 20.7. The van der Waals surface area contributed by atoms with Crippen molar-refractivity contribution in [2.45, 2.75) is 13.5 Å². The number of hydrogen-bond acceptors (Lipinski definition) is 3. The second-order valence-corrected chi connectivity index (χ2v) is 4.64. The summed E-state index contributed by atoms with van der Waals surface area (Å²) in [5.74, 6) is -1.37. The fourth-order valence-electron chi connectivity index (χ4n) is 1.89. The normalized spacial score (nSPS) is 10.2. The summed E-state index contributed by atoms with van der Waals surface area (Å²) in [6.45, 7) is 1.62. The van der Waals surface area contributed by atoms with E-state index in [-0.39, 0.29) is 18.1 Å². The molecular formula is C16H15NO4. The van der Waals surface area contributed by atoms with E-state index in [9.17, 15) is 9.59 Å². The molecule has 2 aromatic carbocycles. The van der Waals surface area contributed by atoms with Crippen LogP contribution in [-0.4, -0.2) is 22.1 Å². The molecule has 5 nitrogen and oxygen atoms in total. The number of nitrogens with one attached hydrogen (secondary N) is 1. The first kappa shape index (κ1) is 14.7. The molecule has 1 amide bonds. The van der Waals surface area contributed by atoms with Crippen LogP contribution in [0.5, 0.6) is 0 Å². The average Bonchev–Trinajstić information content (AvgIpc) is 2.49. The number of anilines is 1. The smallest absolute Gasteiger partial charge is 0.336 e. The van der Waals surface area contributed by atoms with Gasteiger partial charge in [-0.2, -0.15) is 0 Å². The first-order valence-electron chi connectivity index (χ1n) is 6.36. The van der Waals surface area contributed by atoms with Crippen molar-refractivity contribution in [1.29, 1.82) is 0 Å². The molecular weight excluding hydrogens is 270 g/mol. The number of benzene rings is 2. The lowest BCUT2D eigenvalue weighted by molar-refractivity contribution is 0.0695. The number of carbonyl (C=O) groups is 2. The minimum absolute atomic E-state index is 0.0815. The third-order valence-corrected chi connectivity index (χ3v) is 3.12. The van der Waals surface area contributed by atoms with Crippen LogP contribution in [0, 0.1) is 6.92 Å². The van der Waals surface area contributed by atoms with Crippen LogP contribution in [0.15, 0.2) is 42.5 Å². The highest BCUT2D eigenvalue weighted by Crippen LogP contribution is 2.16. The zero-order valence-corrected chi connectivity index (χ0v) is 11.5. The molecule has 0 heterocycles. The lowest BCUT2D eigenvalue weighted by Crippen LogP contribution is -2.12. The van der Waals surface area contributed by atoms with Crippen molar-refractivity contribution in [1.82, 2.24) is 0 Å². The van der Waals surface area contributed by atoms with Crippen LogP contribution < -0.4 is 5.32 Å². The van der Waals surface area contributed by atoms with Crippen molar-refractivity contribution in [3.8, 4) is 0 Å². The van der Waals surface area contributed by atoms with Gasteiger partial charge in [0.1, 0.15) is 0 Å². The zero-order chi connectivity index (χ0) is 15.4. The number of hydrogen-bond donors (Lipinski definition) is 3. The van der Waals surface area contributed by atoms with Gasteiger partial charge in [0.15, 0.2) is 0 Å². The number of aromatic carboxylic acids is 1. The Kier molecular flexibility index (Phi) is 4.35. The maximum absolute atomic E-state index is 12.1. The van der Waals surface area contributed by atoms with Crippen LogP contribution in [0.4, 0.5) is 5.69 Å². The Labute approximate surface area is 121 Å². The Morgan fingerprint density at radius 3 is 2.33 bits per heavy atom. The van der Waals surface area contributed by atoms with Crippen LogP contribution in [-0.2, 0) is 6.61 Å². The van der Waals surface area contributed by atoms with Crippen LogP contribution in [0.25, 0.3) is 0 Å². The van der Waals surface area contributed by atoms with Crippen LogP contribution >= 0.6 is 0 Å². The van der Waals surface area contributed by atoms with Gasteiger partial charge < -0.3 is 15.5 Å². The van der Waals surface area contributed by atoms with Crippen molar-refractivity contribution < 1.29 is 19.8 Å². The molecule has 2 rings (SSSR count). The molecule has 5 heteroatoms. The Morgan fingerprint density at radius 1 is 1.10 bits per heavy atom. The number of carboxylic acids is 1. The van der Waals surface area contributed by atoms with Gasteiger partial charge in [0.25, 0.3) is 5.91 Å². The van der Waals surface area contributed by atoms with Gasteiger partial charge in [-0.25, -0.2) is 4.79 Å². The van der Waals surface area contributed by atoms with Gasteiger partial charge >= 0.3 is 5.97 Å². The van der Waals surface area contributed by atoms with Gasteiger partial charge in [0.05, 0.1) is 12.2 Å². The van der Waals surface area contributed by atoms with E-state index in [0.29, 0.717) is 16.8 Å². The molecule has 108 valence electrons. The van der Waals surface area contributed by atoms with Crippen molar-refractivity contribution in [3.63, 3.8) is 0 Å². The largest absolute Gasteiger partial charge is 0.478 e. The highest BCUT2D eigenvalue weighted by Gasteiger charge is 2.10. The van der Waals surface area contributed by atoms with Crippen molar-refractivity contribution in [3.05, 3.63) is 64.7 Å². The van der Waals surface area contributed by atoms with Crippen molar-refractivity contribution in [2.24, 2.45) is 0 Å². The predicted octanol–water partition coefficient (Wildman–Crippen LogP) is 2.44. The van der Waals surface area contributed by atoms with E-state index in [2.05, 4.69) is 5.32 Å². The summed E-state index contributed by atoms with van der Waals surface area (Å²) >= 11 is 0. The monoisotopic (exact) mass is 285 g/mol. The fourth-order valence-corrected chi connectivity index (χ4v) is 1.89. The Morgan fingerprint density at radius 2 is 1.76 bits per heavy atom. The third kappa shape index (κ3) is 3.46. The molecule has 3 N–H and O–H groups in total. The van der Waals surface area contributed by atoms with E-state index < -0.39 is 5.97 Å². The number of rotatable bonds is 4. The van der Waals surface area contributed by atoms with Crippen LogP contribution in [0.2, 0.25) is 0 Å². The highest BCUT2D eigenvalue weighted by molar-refractivity contribution is 6.04. The van der Waals surface area contributed by atoms with Gasteiger partial charge in [0, 0.05) is 11.3 Å². The molecule has 0 spiro atoms. The van der Waals surface area contributed by atoms with Gasteiger partial charge in [-0.05, 0) is 42.3 Å². The Bertz CT molecular complexity index is 677. The topological polar surface area (TPSA) is 86.6 Å². The van der Waals surface area contributed by atoms with Crippen molar-refractivity contribution in [2.75, 3.05) is 5.32 Å². The molecule has 0 aliphatic heterocycles. The first-order valence-corrected chi connectivity index (χ1v) is 6.36. The minimum atomic E-state index is -1.03.